The Hall–Kier alpha value is -2.10. The molecule has 0 atom stereocenters. The number of rotatable bonds is 3. The largest absolute Gasteiger partial charge is 0.491 e. The van der Waals surface area contributed by atoms with Crippen LogP contribution >= 0.6 is 0 Å². The second kappa shape index (κ2) is 5.04. The minimum absolute atomic E-state index is 0.675. The SMILES string of the molecule is CNc1ncnc(-c2cccc(C)c2C)c1OC. The molecule has 0 aliphatic carbocycles. The molecule has 0 aliphatic heterocycles. The number of anilines is 1. The Morgan fingerprint density at radius 1 is 1.17 bits per heavy atom. The molecule has 4 nitrogen and oxygen atoms in total. The Morgan fingerprint density at radius 2 is 1.94 bits per heavy atom. The van der Waals surface area contributed by atoms with E-state index in [9.17, 15) is 0 Å². The number of aromatic nitrogens is 2. The van der Waals surface area contributed by atoms with Crippen molar-refractivity contribution in [3.63, 3.8) is 0 Å². The van der Waals surface area contributed by atoms with Crippen LogP contribution in [0.4, 0.5) is 5.82 Å². The van der Waals surface area contributed by atoms with Crippen molar-refractivity contribution in [2.24, 2.45) is 0 Å². The Labute approximate surface area is 107 Å². The van der Waals surface area contributed by atoms with E-state index < -0.39 is 0 Å². The normalized spacial score (nSPS) is 10.2. The molecular formula is C14H17N3O. The first-order chi connectivity index (χ1) is 8.69. The molecule has 0 aliphatic rings. The lowest BCUT2D eigenvalue weighted by atomic mass is 10.0. The van der Waals surface area contributed by atoms with Crippen LogP contribution in [0.15, 0.2) is 24.5 Å². The zero-order valence-corrected chi connectivity index (χ0v) is 11.1. The smallest absolute Gasteiger partial charge is 0.187 e. The third-order valence-electron chi connectivity index (χ3n) is 3.10. The number of hydrogen-bond donors (Lipinski definition) is 1. The fourth-order valence-electron chi connectivity index (χ4n) is 1.94. The summed E-state index contributed by atoms with van der Waals surface area (Å²) < 4.78 is 5.43. The standard InChI is InChI=1S/C14H17N3O/c1-9-6-5-7-11(10(9)2)12-13(18-4)14(15-3)17-8-16-12/h5-8H,1-4H3,(H,15,16,17). The van der Waals surface area contributed by atoms with E-state index in [-0.39, 0.29) is 0 Å². The predicted molar refractivity (Wildman–Crippen MR) is 73.0 cm³/mol. The highest BCUT2D eigenvalue weighted by Gasteiger charge is 2.15. The lowest BCUT2D eigenvalue weighted by molar-refractivity contribution is 0.415. The maximum atomic E-state index is 5.43. The van der Waals surface area contributed by atoms with Gasteiger partial charge in [-0.25, -0.2) is 9.97 Å². The minimum atomic E-state index is 0.675. The van der Waals surface area contributed by atoms with Crippen molar-refractivity contribution in [2.45, 2.75) is 13.8 Å². The minimum Gasteiger partial charge on any atom is -0.491 e. The highest BCUT2D eigenvalue weighted by Crippen LogP contribution is 2.34. The van der Waals surface area contributed by atoms with Gasteiger partial charge in [0, 0.05) is 12.6 Å². The molecule has 4 heteroatoms. The fourth-order valence-corrected chi connectivity index (χ4v) is 1.94. The van der Waals surface area contributed by atoms with Crippen LogP contribution in [0, 0.1) is 13.8 Å². The van der Waals surface area contributed by atoms with Gasteiger partial charge >= 0.3 is 0 Å². The molecule has 0 fully saturated rings. The number of nitrogens with one attached hydrogen (secondary N) is 1. The Kier molecular flexibility index (Phi) is 3.46. The van der Waals surface area contributed by atoms with Crippen molar-refractivity contribution in [1.82, 2.24) is 9.97 Å². The van der Waals surface area contributed by atoms with Crippen molar-refractivity contribution in [3.05, 3.63) is 35.7 Å². The second-order valence-electron chi connectivity index (χ2n) is 4.10. The van der Waals surface area contributed by atoms with Gasteiger partial charge in [0.1, 0.15) is 12.0 Å². The molecule has 0 radical (unpaired) electrons. The summed E-state index contributed by atoms with van der Waals surface area (Å²) in [7, 11) is 3.45. The third-order valence-corrected chi connectivity index (χ3v) is 3.10. The molecule has 0 bridgehead atoms. The molecular weight excluding hydrogens is 226 g/mol. The van der Waals surface area contributed by atoms with Crippen LogP contribution in [0.25, 0.3) is 11.3 Å². The van der Waals surface area contributed by atoms with Gasteiger partial charge in [-0.3, -0.25) is 0 Å². The highest BCUT2D eigenvalue weighted by molar-refractivity contribution is 5.75. The molecule has 0 unspecified atom stereocenters. The van der Waals surface area contributed by atoms with Crippen molar-refractivity contribution in [3.8, 4) is 17.0 Å². The molecule has 94 valence electrons. The summed E-state index contributed by atoms with van der Waals surface area (Å²) in [5.41, 5.74) is 4.33. The molecule has 2 rings (SSSR count). The van der Waals surface area contributed by atoms with Crippen molar-refractivity contribution < 1.29 is 4.74 Å². The van der Waals surface area contributed by atoms with Gasteiger partial charge in [-0.15, -0.1) is 0 Å². The van der Waals surface area contributed by atoms with Crippen molar-refractivity contribution in [2.75, 3.05) is 19.5 Å². The lowest BCUT2D eigenvalue weighted by Crippen LogP contribution is -2.01. The van der Waals surface area contributed by atoms with E-state index in [2.05, 4.69) is 35.2 Å². The number of methoxy groups -OCH3 is 1. The van der Waals surface area contributed by atoms with E-state index in [0.717, 1.165) is 11.3 Å². The van der Waals surface area contributed by atoms with Crippen LogP contribution < -0.4 is 10.1 Å². The summed E-state index contributed by atoms with van der Waals surface area (Å²) in [4.78, 5) is 8.51. The second-order valence-corrected chi connectivity index (χ2v) is 4.10. The van der Waals surface area contributed by atoms with Gasteiger partial charge in [0.2, 0.25) is 0 Å². The maximum absolute atomic E-state index is 5.43. The van der Waals surface area contributed by atoms with Crippen LogP contribution in [0.5, 0.6) is 5.75 Å². The lowest BCUT2D eigenvalue weighted by Gasteiger charge is -2.13. The first-order valence-corrected chi connectivity index (χ1v) is 5.82. The Bertz CT molecular complexity index is 567. The summed E-state index contributed by atoms with van der Waals surface area (Å²) >= 11 is 0. The predicted octanol–water partition coefficient (Wildman–Crippen LogP) is 2.81. The Morgan fingerprint density at radius 3 is 2.61 bits per heavy atom. The van der Waals surface area contributed by atoms with Gasteiger partial charge in [0.15, 0.2) is 11.6 Å². The van der Waals surface area contributed by atoms with Gasteiger partial charge in [-0.1, -0.05) is 18.2 Å². The van der Waals surface area contributed by atoms with E-state index in [4.69, 9.17) is 4.74 Å². The van der Waals surface area contributed by atoms with Gasteiger partial charge in [-0.2, -0.15) is 0 Å². The van der Waals surface area contributed by atoms with Crippen LogP contribution in [0.3, 0.4) is 0 Å². The summed E-state index contributed by atoms with van der Waals surface area (Å²) in [5.74, 6) is 1.37. The molecule has 18 heavy (non-hydrogen) atoms. The Balaban J connectivity index is 2.67. The average molecular weight is 243 g/mol. The van der Waals surface area contributed by atoms with E-state index >= 15 is 0 Å². The van der Waals surface area contributed by atoms with Gasteiger partial charge < -0.3 is 10.1 Å². The molecule has 1 heterocycles. The van der Waals surface area contributed by atoms with Crippen molar-refractivity contribution in [1.29, 1.82) is 0 Å². The molecule has 1 aromatic carbocycles. The van der Waals surface area contributed by atoms with Crippen LogP contribution in [0.2, 0.25) is 0 Å². The summed E-state index contributed by atoms with van der Waals surface area (Å²) in [6.45, 7) is 4.18. The topological polar surface area (TPSA) is 47.0 Å². The van der Waals surface area contributed by atoms with Gasteiger partial charge in [0.25, 0.3) is 0 Å². The summed E-state index contributed by atoms with van der Waals surface area (Å²) in [6.07, 6.45) is 1.55. The summed E-state index contributed by atoms with van der Waals surface area (Å²) in [5, 5.41) is 3.01. The number of aryl methyl sites for hydroxylation is 1. The molecule has 1 aromatic heterocycles. The van der Waals surface area contributed by atoms with Crippen LogP contribution in [-0.4, -0.2) is 24.1 Å². The number of benzene rings is 1. The number of nitrogens with zero attached hydrogens (tertiary/aromatic N) is 2. The molecule has 2 aromatic rings. The van der Waals surface area contributed by atoms with Crippen LogP contribution in [0.1, 0.15) is 11.1 Å². The van der Waals surface area contributed by atoms with E-state index in [1.165, 1.54) is 11.1 Å². The molecule has 1 N–H and O–H groups in total. The monoisotopic (exact) mass is 243 g/mol. The van der Waals surface area contributed by atoms with E-state index in [1.54, 1.807) is 13.4 Å². The van der Waals surface area contributed by atoms with Gasteiger partial charge in [-0.05, 0) is 25.0 Å². The average Bonchev–Trinajstić information content (AvgIpc) is 2.41. The number of ether oxygens (including phenoxy) is 1. The van der Waals surface area contributed by atoms with Gasteiger partial charge in [0.05, 0.1) is 7.11 Å². The molecule has 0 saturated heterocycles. The summed E-state index contributed by atoms with van der Waals surface area (Å²) in [6, 6.07) is 6.16. The van der Waals surface area contributed by atoms with E-state index in [1.807, 2.05) is 19.2 Å². The number of hydrogen-bond acceptors (Lipinski definition) is 4. The zero-order valence-electron chi connectivity index (χ0n) is 11.1. The quantitative estimate of drug-likeness (QED) is 0.900. The zero-order chi connectivity index (χ0) is 13.1. The molecule has 0 amide bonds. The molecule has 0 spiro atoms. The molecule has 0 saturated carbocycles. The highest BCUT2D eigenvalue weighted by atomic mass is 16.5. The first-order valence-electron chi connectivity index (χ1n) is 5.82. The van der Waals surface area contributed by atoms with Crippen molar-refractivity contribution >= 4 is 5.82 Å². The maximum Gasteiger partial charge on any atom is 0.187 e. The van der Waals surface area contributed by atoms with Crippen LogP contribution in [-0.2, 0) is 0 Å². The fraction of sp³-hybridized carbons (Fsp3) is 0.286. The third kappa shape index (κ3) is 2.01. The first kappa shape index (κ1) is 12.4. The van der Waals surface area contributed by atoms with E-state index in [0.29, 0.717) is 11.6 Å².